The molecule has 0 aliphatic heterocycles. The first kappa shape index (κ1) is 13.2. The van der Waals surface area contributed by atoms with E-state index in [2.05, 4.69) is 0 Å². The van der Waals surface area contributed by atoms with Crippen LogP contribution in [0.1, 0.15) is 12.5 Å². The fourth-order valence-electron chi connectivity index (χ4n) is 1.14. The van der Waals surface area contributed by atoms with Crippen LogP contribution in [0.2, 0.25) is 0 Å². The monoisotopic (exact) mass is 250 g/mol. The molecule has 1 aromatic rings. The molecule has 0 aliphatic carbocycles. The van der Waals surface area contributed by atoms with Gasteiger partial charge in [0.2, 0.25) is 0 Å². The summed E-state index contributed by atoms with van der Waals surface area (Å²) in [6.07, 6.45) is 0.935. The molecule has 0 unspecified atom stereocenters. The Morgan fingerprint density at radius 1 is 1.19 bits per heavy atom. The van der Waals surface area contributed by atoms with E-state index in [0.29, 0.717) is 5.75 Å². The summed E-state index contributed by atoms with van der Waals surface area (Å²) in [5, 5.41) is 0. The molecule has 0 aromatic heterocycles. The minimum atomic E-state index is -4.17. The second-order valence-electron chi connectivity index (χ2n) is 3.14. The van der Waals surface area contributed by atoms with Crippen molar-refractivity contribution in [2.45, 2.75) is 18.9 Å². The Bertz CT molecular complexity index is 308. The fraction of sp³-hybridized carbons (Fsp3) is 0.455. The summed E-state index contributed by atoms with van der Waals surface area (Å²) in [4.78, 5) is 0. The molecule has 5 heteroatoms. The second-order valence-corrected chi connectivity index (χ2v) is 4.30. The standard InChI is InChI=1S/C11H13F3OS/c1-2-9-3-5-10(6-4-9)15-7-8-16-11(12,13)14/h3-6H,2,7-8H2,1H3. The molecule has 0 aliphatic rings. The van der Waals surface area contributed by atoms with Crippen LogP contribution in [0.5, 0.6) is 5.75 Å². The Balaban J connectivity index is 2.27. The van der Waals surface area contributed by atoms with Gasteiger partial charge in [-0.3, -0.25) is 0 Å². The van der Waals surface area contributed by atoms with Gasteiger partial charge in [-0.05, 0) is 35.9 Å². The lowest BCUT2D eigenvalue weighted by Crippen LogP contribution is -2.07. The molecule has 0 saturated heterocycles. The largest absolute Gasteiger partial charge is 0.493 e. The van der Waals surface area contributed by atoms with E-state index >= 15 is 0 Å². The number of benzene rings is 1. The van der Waals surface area contributed by atoms with Crippen molar-refractivity contribution in [1.82, 2.24) is 0 Å². The minimum absolute atomic E-state index is 0.0645. The Hall–Kier alpha value is -0.840. The average Bonchev–Trinajstić information content (AvgIpc) is 2.24. The normalized spacial score (nSPS) is 11.5. The molecule has 0 atom stereocenters. The van der Waals surface area contributed by atoms with Gasteiger partial charge in [0.25, 0.3) is 0 Å². The Kier molecular flexibility index (Phi) is 4.99. The predicted molar refractivity (Wildman–Crippen MR) is 59.8 cm³/mol. The van der Waals surface area contributed by atoms with E-state index in [0.717, 1.165) is 6.42 Å². The number of thioether (sulfide) groups is 1. The molecular formula is C11H13F3OS. The summed E-state index contributed by atoms with van der Waals surface area (Å²) < 4.78 is 40.5. The van der Waals surface area contributed by atoms with Crippen molar-refractivity contribution < 1.29 is 17.9 Å². The van der Waals surface area contributed by atoms with Crippen molar-refractivity contribution in [3.63, 3.8) is 0 Å². The lowest BCUT2D eigenvalue weighted by molar-refractivity contribution is -0.0329. The van der Waals surface area contributed by atoms with Crippen molar-refractivity contribution in [3.8, 4) is 5.75 Å². The third-order valence-corrected chi connectivity index (χ3v) is 2.65. The summed E-state index contributed by atoms with van der Waals surface area (Å²) in [7, 11) is 0. The average molecular weight is 250 g/mol. The first-order valence-corrected chi connectivity index (χ1v) is 5.92. The molecule has 90 valence electrons. The van der Waals surface area contributed by atoms with Crippen LogP contribution in [0.15, 0.2) is 24.3 Å². The van der Waals surface area contributed by atoms with Crippen LogP contribution >= 0.6 is 11.8 Å². The molecule has 0 N–H and O–H groups in total. The zero-order valence-corrected chi connectivity index (χ0v) is 9.70. The van der Waals surface area contributed by atoms with Gasteiger partial charge >= 0.3 is 5.51 Å². The number of alkyl halides is 3. The van der Waals surface area contributed by atoms with E-state index in [-0.39, 0.29) is 24.1 Å². The lowest BCUT2D eigenvalue weighted by atomic mass is 10.2. The fourth-order valence-corrected chi connectivity index (χ4v) is 1.54. The number of ether oxygens (including phenoxy) is 1. The number of hydrogen-bond acceptors (Lipinski definition) is 2. The summed E-state index contributed by atoms with van der Waals surface area (Å²) in [6, 6.07) is 7.37. The Morgan fingerprint density at radius 2 is 1.81 bits per heavy atom. The molecule has 0 saturated carbocycles. The van der Waals surface area contributed by atoms with Crippen LogP contribution in [-0.2, 0) is 6.42 Å². The molecular weight excluding hydrogens is 237 g/mol. The van der Waals surface area contributed by atoms with E-state index < -0.39 is 5.51 Å². The summed E-state index contributed by atoms with van der Waals surface area (Å²) in [5.41, 5.74) is -2.99. The maximum atomic E-state index is 11.8. The maximum absolute atomic E-state index is 11.8. The highest BCUT2D eigenvalue weighted by Gasteiger charge is 2.27. The van der Waals surface area contributed by atoms with Gasteiger partial charge < -0.3 is 4.74 Å². The Labute approximate surface area is 97.0 Å². The van der Waals surface area contributed by atoms with Crippen molar-refractivity contribution in [2.75, 3.05) is 12.4 Å². The van der Waals surface area contributed by atoms with Crippen molar-refractivity contribution in [1.29, 1.82) is 0 Å². The van der Waals surface area contributed by atoms with Crippen LogP contribution in [0.3, 0.4) is 0 Å². The molecule has 0 radical (unpaired) electrons. The van der Waals surface area contributed by atoms with Gasteiger partial charge in [-0.15, -0.1) is 0 Å². The van der Waals surface area contributed by atoms with Gasteiger partial charge in [-0.2, -0.15) is 13.2 Å². The summed E-state index contributed by atoms with van der Waals surface area (Å²) in [5.74, 6) is 0.527. The zero-order chi connectivity index (χ0) is 12.0. The number of halogens is 3. The molecule has 0 heterocycles. The number of hydrogen-bond donors (Lipinski definition) is 0. The van der Waals surface area contributed by atoms with Crippen molar-refractivity contribution >= 4 is 11.8 Å². The highest BCUT2D eigenvalue weighted by atomic mass is 32.2. The van der Waals surface area contributed by atoms with Gasteiger partial charge in [-0.1, -0.05) is 19.1 Å². The highest BCUT2D eigenvalue weighted by molar-refractivity contribution is 8.00. The van der Waals surface area contributed by atoms with E-state index in [1.165, 1.54) is 5.56 Å². The third-order valence-electron chi connectivity index (χ3n) is 1.95. The molecule has 0 fully saturated rings. The van der Waals surface area contributed by atoms with E-state index in [9.17, 15) is 13.2 Å². The molecule has 1 nitrogen and oxygen atoms in total. The minimum Gasteiger partial charge on any atom is -0.493 e. The van der Waals surface area contributed by atoms with Crippen molar-refractivity contribution in [3.05, 3.63) is 29.8 Å². The Morgan fingerprint density at radius 3 is 2.31 bits per heavy atom. The molecule has 0 spiro atoms. The topological polar surface area (TPSA) is 9.23 Å². The molecule has 1 aromatic carbocycles. The summed E-state index contributed by atoms with van der Waals surface area (Å²) >= 11 is -0.0645. The highest BCUT2D eigenvalue weighted by Crippen LogP contribution is 2.29. The van der Waals surface area contributed by atoms with Gasteiger partial charge in [0.15, 0.2) is 0 Å². The number of aryl methyl sites for hydroxylation is 1. The van der Waals surface area contributed by atoms with Crippen LogP contribution in [0, 0.1) is 0 Å². The first-order valence-electron chi connectivity index (χ1n) is 4.93. The zero-order valence-electron chi connectivity index (χ0n) is 8.88. The molecule has 0 amide bonds. The van der Waals surface area contributed by atoms with Crippen LogP contribution in [0.25, 0.3) is 0 Å². The molecule has 1 rings (SSSR count). The van der Waals surface area contributed by atoms with E-state index in [4.69, 9.17) is 4.74 Å². The smallest absolute Gasteiger partial charge is 0.441 e. The van der Waals surface area contributed by atoms with Crippen LogP contribution in [-0.4, -0.2) is 17.9 Å². The third kappa shape index (κ3) is 5.30. The van der Waals surface area contributed by atoms with Crippen molar-refractivity contribution in [2.24, 2.45) is 0 Å². The predicted octanol–water partition coefficient (Wildman–Crippen LogP) is 3.88. The number of rotatable bonds is 5. The summed E-state index contributed by atoms with van der Waals surface area (Å²) in [6.45, 7) is 2.10. The lowest BCUT2D eigenvalue weighted by Gasteiger charge is -2.08. The maximum Gasteiger partial charge on any atom is 0.441 e. The molecule has 0 bridgehead atoms. The van der Waals surface area contributed by atoms with Gasteiger partial charge in [0.05, 0.1) is 6.61 Å². The SMILES string of the molecule is CCc1ccc(OCCSC(F)(F)F)cc1. The molecule has 16 heavy (non-hydrogen) atoms. The quantitative estimate of drug-likeness (QED) is 0.733. The van der Waals surface area contributed by atoms with Crippen LogP contribution in [0.4, 0.5) is 13.2 Å². The van der Waals surface area contributed by atoms with Gasteiger partial charge in [-0.25, -0.2) is 0 Å². The van der Waals surface area contributed by atoms with E-state index in [1.54, 1.807) is 12.1 Å². The van der Waals surface area contributed by atoms with Crippen LogP contribution < -0.4 is 4.74 Å². The second kappa shape index (κ2) is 6.03. The van der Waals surface area contributed by atoms with Gasteiger partial charge in [0, 0.05) is 5.75 Å². The van der Waals surface area contributed by atoms with Gasteiger partial charge in [0.1, 0.15) is 5.75 Å². The van der Waals surface area contributed by atoms with E-state index in [1.807, 2.05) is 19.1 Å². The first-order chi connectivity index (χ1) is 7.51.